The molecule has 4 heterocycles. The Morgan fingerprint density at radius 1 is 1.10 bits per heavy atom. The topological polar surface area (TPSA) is 42.0 Å². The van der Waals surface area contributed by atoms with E-state index < -0.39 is 0 Å². The monoisotopic (exact) mass is 440 g/mol. The van der Waals surface area contributed by atoms with Gasteiger partial charge in [-0.05, 0) is 86.9 Å². The van der Waals surface area contributed by atoms with Crippen LogP contribution in [-0.2, 0) is 24.1 Å². The molecule has 6 heteroatoms. The SMILES string of the molecule is Cc1cc(CCN2CCCC(CN3CCc4cc5c(cc4CC3=O)OCO5)C2)c(C)s1. The molecule has 5 rings (SSSR count). The van der Waals surface area contributed by atoms with Crippen LogP contribution in [0, 0.1) is 19.8 Å². The lowest BCUT2D eigenvalue weighted by Crippen LogP contribution is -2.44. The van der Waals surface area contributed by atoms with Crippen molar-refractivity contribution in [3.05, 3.63) is 44.6 Å². The Morgan fingerprint density at radius 3 is 2.68 bits per heavy atom. The van der Waals surface area contributed by atoms with Crippen molar-refractivity contribution in [2.24, 2.45) is 5.92 Å². The van der Waals surface area contributed by atoms with Crippen LogP contribution in [0.3, 0.4) is 0 Å². The third kappa shape index (κ3) is 4.60. The van der Waals surface area contributed by atoms with Crippen LogP contribution < -0.4 is 9.47 Å². The molecule has 0 bridgehead atoms. The molecule has 3 aliphatic rings. The summed E-state index contributed by atoms with van der Waals surface area (Å²) >= 11 is 1.91. The molecular weight excluding hydrogens is 408 g/mol. The van der Waals surface area contributed by atoms with E-state index in [9.17, 15) is 4.79 Å². The highest BCUT2D eigenvalue weighted by molar-refractivity contribution is 7.12. The number of fused-ring (bicyclic) bond motifs is 2. The number of ether oxygens (including phenoxy) is 2. The maximum Gasteiger partial charge on any atom is 0.231 e. The minimum atomic E-state index is 0.249. The molecule has 0 saturated carbocycles. The fourth-order valence-corrected chi connectivity index (χ4v) is 6.27. The van der Waals surface area contributed by atoms with Gasteiger partial charge in [0.1, 0.15) is 0 Å². The van der Waals surface area contributed by atoms with Crippen molar-refractivity contribution in [2.45, 2.75) is 46.0 Å². The molecule has 3 aliphatic heterocycles. The Labute approximate surface area is 188 Å². The summed E-state index contributed by atoms with van der Waals surface area (Å²) in [6, 6.07) is 6.43. The van der Waals surface area contributed by atoms with Gasteiger partial charge in [-0.15, -0.1) is 11.3 Å². The molecule has 0 aliphatic carbocycles. The minimum Gasteiger partial charge on any atom is -0.454 e. The molecule has 1 aromatic heterocycles. The maximum absolute atomic E-state index is 13.0. The van der Waals surface area contributed by atoms with Crippen LogP contribution in [0.5, 0.6) is 11.5 Å². The van der Waals surface area contributed by atoms with Crippen LogP contribution >= 0.6 is 11.3 Å². The van der Waals surface area contributed by atoms with E-state index in [4.69, 9.17) is 9.47 Å². The molecule has 0 N–H and O–H groups in total. The summed E-state index contributed by atoms with van der Waals surface area (Å²) in [5, 5.41) is 0. The molecule has 1 fully saturated rings. The average molecular weight is 441 g/mol. The van der Waals surface area contributed by atoms with Gasteiger partial charge in [0.2, 0.25) is 12.7 Å². The normalized spacial score (nSPS) is 21.3. The van der Waals surface area contributed by atoms with Crippen molar-refractivity contribution >= 4 is 17.2 Å². The van der Waals surface area contributed by atoms with E-state index in [-0.39, 0.29) is 12.7 Å². The van der Waals surface area contributed by atoms with Gasteiger partial charge in [0, 0.05) is 35.9 Å². The molecule has 1 aromatic carbocycles. The van der Waals surface area contributed by atoms with Gasteiger partial charge in [0.25, 0.3) is 0 Å². The quantitative estimate of drug-likeness (QED) is 0.705. The van der Waals surface area contributed by atoms with Gasteiger partial charge >= 0.3 is 0 Å². The predicted octanol–water partition coefficient (Wildman–Crippen LogP) is 3.98. The number of carbonyl (C=O) groups excluding carboxylic acids is 1. The Morgan fingerprint density at radius 2 is 1.90 bits per heavy atom. The standard InChI is InChI=1S/C25H32N2O3S/c1-17-10-20(18(2)31-17)5-8-26-7-3-4-19(14-26)15-27-9-6-21-11-23-24(30-16-29-23)12-22(21)13-25(27)28/h10-12,19H,3-9,13-16H2,1-2H3. The summed E-state index contributed by atoms with van der Waals surface area (Å²) in [4.78, 5) is 20.6. The van der Waals surface area contributed by atoms with E-state index in [0.29, 0.717) is 12.3 Å². The summed E-state index contributed by atoms with van der Waals surface area (Å²) in [7, 11) is 0. The number of nitrogens with zero attached hydrogens (tertiary/aromatic N) is 2. The Hall–Kier alpha value is -2.05. The summed E-state index contributed by atoms with van der Waals surface area (Å²) in [6.07, 6.45) is 4.95. The highest BCUT2D eigenvalue weighted by atomic mass is 32.1. The van der Waals surface area contributed by atoms with Gasteiger partial charge in [-0.1, -0.05) is 0 Å². The summed E-state index contributed by atoms with van der Waals surface area (Å²) in [5.74, 6) is 2.41. The minimum absolute atomic E-state index is 0.249. The molecule has 31 heavy (non-hydrogen) atoms. The van der Waals surface area contributed by atoms with E-state index in [1.165, 1.54) is 40.3 Å². The number of rotatable bonds is 5. The van der Waals surface area contributed by atoms with E-state index in [1.54, 1.807) is 0 Å². The van der Waals surface area contributed by atoms with Crippen LogP contribution in [0.25, 0.3) is 0 Å². The van der Waals surface area contributed by atoms with Gasteiger partial charge in [0.05, 0.1) is 6.42 Å². The molecule has 1 saturated heterocycles. The zero-order chi connectivity index (χ0) is 21.4. The number of likely N-dealkylation sites (tertiary alicyclic amines) is 1. The zero-order valence-corrected chi connectivity index (χ0v) is 19.4. The lowest BCUT2D eigenvalue weighted by Gasteiger charge is -2.35. The Balaban J connectivity index is 1.18. The van der Waals surface area contributed by atoms with Crippen molar-refractivity contribution in [3.8, 4) is 11.5 Å². The van der Waals surface area contributed by atoms with E-state index in [0.717, 1.165) is 56.1 Å². The Kier molecular flexibility index (Phi) is 5.93. The van der Waals surface area contributed by atoms with Crippen LogP contribution in [0.4, 0.5) is 0 Å². The van der Waals surface area contributed by atoms with Crippen molar-refractivity contribution in [1.29, 1.82) is 0 Å². The third-order valence-electron chi connectivity index (χ3n) is 6.96. The maximum atomic E-state index is 13.0. The van der Waals surface area contributed by atoms with Gasteiger partial charge in [0.15, 0.2) is 11.5 Å². The fourth-order valence-electron chi connectivity index (χ4n) is 5.30. The molecule has 166 valence electrons. The van der Waals surface area contributed by atoms with Crippen molar-refractivity contribution in [1.82, 2.24) is 9.80 Å². The average Bonchev–Trinajstić information content (AvgIpc) is 3.30. The number of amides is 1. The van der Waals surface area contributed by atoms with E-state index in [1.807, 2.05) is 17.4 Å². The molecule has 0 spiro atoms. The first-order valence-corrected chi connectivity index (χ1v) is 12.3. The first-order chi connectivity index (χ1) is 15.0. The smallest absolute Gasteiger partial charge is 0.231 e. The number of aryl methyl sites for hydroxylation is 2. The summed E-state index contributed by atoms with van der Waals surface area (Å²) < 4.78 is 11.0. The molecular formula is C25H32N2O3S. The van der Waals surface area contributed by atoms with Gasteiger partial charge in [-0.3, -0.25) is 4.79 Å². The second-order valence-electron chi connectivity index (χ2n) is 9.24. The first-order valence-electron chi connectivity index (χ1n) is 11.5. The van der Waals surface area contributed by atoms with Crippen LogP contribution in [-0.4, -0.2) is 55.2 Å². The Bertz CT molecular complexity index is 970. The van der Waals surface area contributed by atoms with Crippen LogP contribution in [0.15, 0.2) is 18.2 Å². The molecule has 5 nitrogen and oxygen atoms in total. The van der Waals surface area contributed by atoms with Crippen LogP contribution in [0.1, 0.15) is 39.3 Å². The van der Waals surface area contributed by atoms with Crippen molar-refractivity contribution < 1.29 is 14.3 Å². The second kappa shape index (κ2) is 8.83. The molecule has 1 amide bonds. The molecule has 2 aromatic rings. The number of hydrogen-bond acceptors (Lipinski definition) is 5. The number of piperidine rings is 1. The van der Waals surface area contributed by atoms with Gasteiger partial charge in [-0.25, -0.2) is 0 Å². The molecule has 0 radical (unpaired) electrons. The predicted molar refractivity (Wildman–Crippen MR) is 123 cm³/mol. The molecule has 1 unspecified atom stereocenters. The van der Waals surface area contributed by atoms with Crippen molar-refractivity contribution in [2.75, 3.05) is 39.5 Å². The van der Waals surface area contributed by atoms with E-state index in [2.05, 4.69) is 35.8 Å². The zero-order valence-electron chi connectivity index (χ0n) is 18.6. The second-order valence-corrected chi connectivity index (χ2v) is 10.7. The lowest BCUT2D eigenvalue weighted by atomic mass is 9.96. The number of hydrogen-bond donors (Lipinski definition) is 0. The van der Waals surface area contributed by atoms with Gasteiger partial charge in [-0.2, -0.15) is 0 Å². The van der Waals surface area contributed by atoms with Crippen LogP contribution in [0.2, 0.25) is 0 Å². The highest BCUT2D eigenvalue weighted by Crippen LogP contribution is 2.36. The molecule has 1 atom stereocenters. The van der Waals surface area contributed by atoms with E-state index >= 15 is 0 Å². The largest absolute Gasteiger partial charge is 0.454 e. The summed E-state index contributed by atoms with van der Waals surface area (Å²) in [6.45, 7) is 9.81. The number of thiophene rings is 1. The lowest BCUT2D eigenvalue weighted by molar-refractivity contribution is -0.131. The summed E-state index contributed by atoms with van der Waals surface area (Å²) in [5.41, 5.74) is 3.83. The third-order valence-corrected chi connectivity index (χ3v) is 7.97. The number of benzene rings is 1. The fraction of sp³-hybridized carbons (Fsp3) is 0.560. The van der Waals surface area contributed by atoms with Crippen molar-refractivity contribution in [3.63, 3.8) is 0 Å². The first kappa shape index (κ1) is 20.8. The number of carbonyl (C=O) groups is 1. The van der Waals surface area contributed by atoms with Gasteiger partial charge < -0.3 is 19.3 Å². The highest BCUT2D eigenvalue weighted by Gasteiger charge is 2.28.